The summed E-state index contributed by atoms with van der Waals surface area (Å²) < 4.78 is 7.02. The zero-order valence-corrected chi connectivity index (χ0v) is 42.9. The predicted octanol–water partition coefficient (Wildman–Crippen LogP) is 18.8. The Balaban J connectivity index is 1.09. The Kier molecular flexibility index (Phi) is 9.52. The third-order valence-electron chi connectivity index (χ3n) is 16.3. The second-order valence-corrected chi connectivity index (χ2v) is 23.5. The molecule has 0 N–H and O–H groups in total. The number of fused-ring (bicyclic) bond motifs is 15. The van der Waals surface area contributed by atoms with Gasteiger partial charge in [-0.15, -0.1) is 0 Å². The van der Waals surface area contributed by atoms with Crippen LogP contribution >= 0.6 is 11.8 Å². The molecule has 11 aromatic rings. The van der Waals surface area contributed by atoms with Gasteiger partial charge in [0.15, 0.2) is 5.58 Å². The van der Waals surface area contributed by atoms with Crippen LogP contribution in [0.3, 0.4) is 0 Å². The molecule has 0 fully saturated rings. The minimum Gasteiger partial charge on any atom is -0.454 e. The first kappa shape index (κ1) is 43.9. The SMILES string of the molecule is CC(C)(C)c1ccc2c(c1)C1(c3cc(C(C)(C)C)ccc3S2)c2ccccc2-c2ccc(N(c3ccc4c(c3)C(c3ccccc3)(c3ccccc3)c3ccccc3-4)c3cccc4c3oc3ccccc34)cc21. The first-order valence-corrected chi connectivity index (χ1v) is 26.6. The molecule has 0 saturated heterocycles. The fourth-order valence-corrected chi connectivity index (χ4v) is 14.1. The molecule has 352 valence electrons. The maximum absolute atomic E-state index is 7.02. The van der Waals surface area contributed by atoms with Crippen LogP contribution in [0, 0.1) is 0 Å². The molecule has 0 atom stereocenters. The summed E-state index contributed by atoms with van der Waals surface area (Å²) in [6.45, 7) is 14.0. The Labute approximate surface area is 433 Å². The lowest BCUT2D eigenvalue weighted by molar-refractivity contribution is 0.581. The van der Waals surface area contributed by atoms with E-state index in [1.165, 1.54) is 87.7 Å². The molecule has 3 aliphatic rings. The van der Waals surface area contributed by atoms with Crippen LogP contribution in [0.2, 0.25) is 0 Å². The van der Waals surface area contributed by atoms with Gasteiger partial charge in [-0.3, -0.25) is 0 Å². The Morgan fingerprint density at radius 2 is 0.836 bits per heavy atom. The van der Waals surface area contributed by atoms with Gasteiger partial charge in [0.2, 0.25) is 0 Å². The number of para-hydroxylation sites is 2. The average molecular weight is 958 g/mol. The zero-order chi connectivity index (χ0) is 49.4. The van der Waals surface area contributed by atoms with Crippen LogP contribution in [0.5, 0.6) is 0 Å². The van der Waals surface area contributed by atoms with Crippen molar-refractivity contribution >= 4 is 50.8 Å². The van der Waals surface area contributed by atoms with Gasteiger partial charge >= 0.3 is 0 Å². The first-order chi connectivity index (χ1) is 35.5. The Morgan fingerprint density at radius 1 is 0.370 bits per heavy atom. The van der Waals surface area contributed by atoms with Crippen LogP contribution in [0.4, 0.5) is 17.1 Å². The molecule has 10 aromatic carbocycles. The quantitative estimate of drug-likeness (QED) is 0.171. The van der Waals surface area contributed by atoms with Crippen molar-refractivity contribution in [2.75, 3.05) is 4.90 Å². The van der Waals surface area contributed by atoms with Crippen molar-refractivity contribution in [2.45, 2.75) is 73.0 Å². The van der Waals surface area contributed by atoms with E-state index in [9.17, 15) is 0 Å². The molecule has 1 aromatic heterocycles. The van der Waals surface area contributed by atoms with Gasteiger partial charge in [0.25, 0.3) is 0 Å². The summed E-state index contributed by atoms with van der Waals surface area (Å²) in [6, 6.07) is 84.7. The van der Waals surface area contributed by atoms with E-state index in [1.54, 1.807) is 0 Å². The summed E-state index contributed by atoms with van der Waals surface area (Å²) in [5.41, 5.74) is 21.7. The van der Waals surface area contributed by atoms with E-state index in [4.69, 9.17) is 4.42 Å². The summed E-state index contributed by atoms with van der Waals surface area (Å²) in [5, 5.41) is 2.20. The summed E-state index contributed by atoms with van der Waals surface area (Å²) in [6.07, 6.45) is 0. The Morgan fingerprint density at radius 3 is 1.40 bits per heavy atom. The molecule has 0 radical (unpaired) electrons. The van der Waals surface area contributed by atoms with E-state index >= 15 is 0 Å². The summed E-state index contributed by atoms with van der Waals surface area (Å²) in [4.78, 5) is 5.09. The second-order valence-electron chi connectivity index (χ2n) is 22.4. The highest BCUT2D eigenvalue weighted by atomic mass is 32.2. The molecule has 1 spiro atoms. The van der Waals surface area contributed by atoms with E-state index in [0.29, 0.717) is 0 Å². The fraction of sp³-hybridized carbons (Fsp3) is 0.143. The van der Waals surface area contributed by atoms with Gasteiger partial charge in [-0.2, -0.15) is 0 Å². The number of benzene rings is 10. The summed E-state index contributed by atoms with van der Waals surface area (Å²) in [5.74, 6) is 0. The van der Waals surface area contributed by atoms with E-state index < -0.39 is 10.8 Å². The van der Waals surface area contributed by atoms with Crippen LogP contribution in [0.1, 0.15) is 97.2 Å². The lowest BCUT2D eigenvalue weighted by Gasteiger charge is -2.41. The molecule has 2 aliphatic carbocycles. The van der Waals surface area contributed by atoms with Gasteiger partial charge in [0.1, 0.15) is 5.58 Å². The molecule has 3 heteroatoms. The Hall–Kier alpha value is -7.85. The van der Waals surface area contributed by atoms with E-state index in [1.807, 2.05) is 11.8 Å². The maximum atomic E-state index is 7.02. The number of hydrogen-bond acceptors (Lipinski definition) is 3. The molecular weight excluding hydrogens is 903 g/mol. The van der Waals surface area contributed by atoms with Crippen molar-refractivity contribution in [1.82, 2.24) is 0 Å². The lowest BCUT2D eigenvalue weighted by atomic mass is 9.65. The van der Waals surface area contributed by atoms with Crippen LogP contribution in [0.25, 0.3) is 44.2 Å². The molecular formula is C70H55NOS. The normalized spacial score (nSPS) is 14.6. The van der Waals surface area contributed by atoms with Gasteiger partial charge in [-0.1, -0.05) is 229 Å². The van der Waals surface area contributed by atoms with Crippen LogP contribution < -0.4 is 4.90 Å². The predicted molar refractivity (Wildman–Crippen MR) is 305 cm³/mol. The van der Waals surface area contributed by atoms with Crippen molar-refractivity contribution < 1.29 is 4.42 Å². The molecule has 2 heterocycles. The topological polar surface area (TPSA) is 16.4 Å². The molecule has 73 heavy (non-hydrogen) atoms. The average Bonchev–Trinajstić information content (AvgIpc) is 4.04. The third-order valence-corrected chi connectivity index (χ3v) is 17.5. The number of rotatable bonds is 5. The second kappa shape index (κ2) is 15.8. The summed E-state index contributed by atoms with van der Waals surface area (Å²) >= 11 is 1.92. The number of anilines is 3. The van der Waals surface area contributed by atoms with Gasteiger partial charge in [-0.25, -0.2) is 0 Å². The monoisotopic (exact) mass is 957 g/mol. The Bertz CT molecular complexity index is 3930. The largest absolute Gasteiger partial charge is 0.454 e. The number of hydrogen-bond donors (Lipinski definition) is 0. The molecule has 2 nitrogen and oxygen atoms in total. The van der Waals surface area contributed by atoms with Crippen LogP contribution in [0.15, 0.2) is 239 Å². The maximum Gasteiger partial charge on any atom is 0.159 e. The van der Waals surface area contributed by atoms with E-state index in [-0.39, 0.29) is 10.8 Å². The van der Waals surface area contributed by atoms with Crippen LogP contribution in [-0.4, -0.2) is 0 Å². The standard InChI is InChI=1S/C70H55NOS/c1-67(2,3)46-32-38-64-60(40-46)70(61-41-47(68(4,5)6)33-39-65(61)73-64)57-29-17-14-25-51(57)53-37-35-49(43-59(53)70)71(62-30-19-27-55-54-26-15-18-31-63(54)72-66(55)62)48-34-36-52-50-24-13-16-28-56(50)69(58(52)42-48,44-20-9-7-10-21-44)45-22-11-8-12-23-45/h7-43H,1-6H3. The van der Waals surface area contributed by atoms with Gasteiger partial charge < -0.3 is 9.32 Å². The molecule has 0 bridgehead atoms. The van der Waals surface area contributed by atoms with Gasteiger partial charge in [0, 0.05) is 31.9 Å². The molecule has 0 saturated carbocycles. The minimum atomic E-state index is -0.604. The highest BCUT2D eigenvalue weighted by molar-refractivity contribution is 7.99. The molecule has 14 rings (SSSR count). The first-order valence-electron chi connectivity index (χ1n) is 25.7. The highest BCUT2D eigenvalue weighted by Gasteiger charge is 2.52. The number of furan rings is 1. The van der Waals surface area contributed by atoms with Crippen molar-refractivity contribution in [1.29, 1.82) is 0 Å². The third kappa shape index (κ3) is 6.25. The minimum absolute atomic E-state index is 0.0543. The zero-order valence-electron chi connectivity index (χ0n) is 42.1. The van der Waals surface area contributed by atoms with E-state index in [2.05, 4.69) is 271 Å². The van der Waals surface area contributed by atoms with Crippen molar-refractivity contribution in [3.63, 3.8) is 0 Å². The van der Waals surface area contributed by atoms with Crippen molar-refractivity contribution in [2.24, 2.45) is 0 Å². The molecule has 0 unspecified atom stereocenters. The number of nitrogens with zero attached hydrogens (tertiary/aromatic N) is 1. The molecule has 1 aliphatic heterocycles. The lowest BCUT2D eigenvalue weighted by Crippen LogP contribution is -2.33. The van der Waals surface area contributed by atoms with Crippen LogP contribution in [-0.2, 0) is 21.7 Å². The van der Waals surface area contributed by atoms with E-state index in [0.717, 1.165) is 39.0 Å². The van der Waals surface area contributed by atoms with Gasteiger partial charge in [0.05, 0.1) is 16.5 Å². The fourth-order valence-electron chi connectivity index (χ4n) is 12.9. The smallest absolute Gasteiger partial charge is 0.159 e. The highest BCUT2D eigenvalue weighted by Crippen LogP contribution is 2.64. The van der Waals surface area contributed by atoms with Crippen molar-refractivity contribution in [3.05, 3.63) is 280 Å². The van der Waals surface area contributed by atoms with Gasteiger partial charge in [-0.05, 0) is 137 Å². The molecule has 0 amide bonds. The summed E-state index contributed by atoms with van der Waals surface area (Å²) in [7, 11) is 0. The van der Waals surface area contributed by atoms with Crippen molar-refractivity contribution in [3.8, 4) is 22.3 Å².